The Morgan fingerprint density at radius 1 is 1.24 bits per heavy atom. The molecule has 0 spiro atoms. The average molecular weight is 326 g/mol. The van der Waals surface area contributed by atoms with Crippen molar-refractivity contribution < 1.29 is 4.79 Å². The Balaban J connectivity index is 1.73. The van der Waals surface area contributed by atoms with Crippen LogP contribution < -0.4 is 5.32 Å². The van der Waals surface area contributed by atoms with Crippen LogP contribution in [0.5, 0.6) is 0 Å². The molecule has 110 valence electrons. The first-order valence-corrected chi connectivity index (χ1v) is 7.25. The third kappa shape index (κ3) is 3.28. The topological polar surface area (TPSA) is 63.1 Å². The minimum Gasteiger partial charge on any atom is -0.333 e. The number of aromatic nitrogens is 3. The van der Waals surface area contributed by atoms with Gasteiger partial charge in [-0.25, -0.2) is 14.8 Å². The maximum atomic E-state index is 12.4. The SMILES string of the molecule is O=C(Nc1cc(Cl)nc(Cl)c1)N1CCCn2cncc2C1. The molecule has 0 atom stereocenters. The third-order valence-electron chi connectivity index (χ3n) is 3.28. The molecule has 0 saturated carbocycles. The van der Waals surface area contributed by atoms with E-state index in [1.807, 2.05) is 0 Å². The number of nitrogens with one attached hydrogen (secondary N) is 1. The highest BCUT2D eigenvalue weighted by Gasteiger charge is 2.19. The van der Waals surface area contributed by atoms with E-state index in [1.165, 1.54) is 0 Å². The number of halogens is 2. The van der Waals surface area contributed by atoms with E-state index in [0.29, 0.717) is 18.8 Å². The molecule has 0 saturated heterocycles. The van der Waals surface area contributed by atoms with Gasteiger partial charge in [0.05, 0.1) is 18.6 Å². The number of carbonyl (C=O) groups is 1. The van der Waals surface area contributed by atoms with Crippen LogP contribution in [-0.2, 0) is 13.1 Å². The van der Waals surface area contributed by atoms with Crippen LogP contribution in [0.15, 0.2) is 24.7 Å². The van der Waals surface area contributed by atoms with E-state index in [4.69, 9.17) is 23.2 Å². The molecule has 2 aromatic heterocycles. The van der Waals surface area contributed by atoms with Gasteiger partial charge in [0, 0.05) is 25.0 Å². The van der Waals surface area contributed by atoms with Crippen molar-refractivity contribution in [3.8, 4) is 0 Å². The van der Waals surface area contributed by atoms with Gasteiger partial charge in [-0.3, -0.25) is 0 Å². The highest BCUT2D eigenvalue weighted by atomic mass is 35.5. The number of carbonyl (C=O) groups excluding carboxylic acids is 1. The van der Waals surface area contributed by atoms with Crippen molar-refractivity contribution in [2.24, 2.45) is 0 Å². The summed E-state index contributed by atoms with van der Waals surface area (Å²) in [6.45, 7) is 2.07. The van der Waals surface area contributed by atoms with Gasteiger partial charge in [0.2, 0.25) is 0 Å². The van der Waals surface area contributed by atoms with Crippen molar-refractivity contribution >= 4 is 34.9 Å². The van der Waals surface area contributed by atoms with Crippen LogP contribution >= 0.6 is 23.2 Å². The lowest BCUT2D eigenvalue weighted by Gasteiger charge is -2.20. The largest absolute Gasteiger partial charge is 0.333 e. The third-order valence-corrected chi connectivity index (χ3v) is 3.67. The summed E-state index contributed by atoms with van der Waals surface area (Å²) in [6, 6.07) is 2.93. The number of fused-ring (bicyclic) bond motifs is 1. The van der Waals surface area contributed by atoms with E-state index >= 15 is 0 Å². The van der Waals surface area contributed by atoms with Crippen LogP contribution in [0.2, 0.25) is 10.3 Å². The molecular weight excluding hydrogens is 313 g/mol. The molecule has 1 aliphatic heterocycles. The molecule has 0 aromatic carbocycles. The lowest BCUT2D eigenvalue weighted by Crippen LogP contribution is -2.34. The van der Waals surface area contributed by atoms with Crippen molar-refractivity contribution in [1.29, 1.82) is 0 Å². The van der Waals surface area contributed by atoms with Crippen molar-refractivity contribution in [2.75, 3.05) is 11.9 Å². The van der Waals surface area contributed by atoms with E-state index in [-0.39, 0.29) is 16.3 Å². The molecule has 2 aromatic rings. The lowest BCUT2D eigenvalue weighted by molar-refractivity contribution is 0.210. The summed E-state index contributed by atoms with van der Waals surface area (Å²) >= 11 is 11.7. The van der Waals surface area contributed by atoms with Crippen molar-refractivity contribution in [2.45, 2.75) is 19.5 Å². The predicted molar refractivity (Wildman–Crippen MR) is 80.5 cm³/mol. The second-order valence-corrected chi connectivity index (χ2v) is 5.56. The summed E-state index contributed by atoms with van der Waals surface area (Å²) < 4.78 is 2.06. The molecule has 21 heavy (non-hydrogen) atoms. The van der Waals surface area contributed by atoms with Gasteiger partial charge in [0.1, 0.15) is 10.3 Å². The van der Waals surface area contributed by atoms with Crippen molar-refractivity contribution in [3.63, 3.8) is 0 Å². The first-order chi connectivity index (χ1) is 10.1. The fourth-order valence-corrected chi connectivity index (χ4v) is 2.76. The number of hydrogen-bond acceptors (Lipinski definition) is 3. The molecule has 1 aliphatic rings. The molecule has 0 fully saturated rings. The molecular formula is C13H13Cl2N5O. The highest BCUT2D eigenvalue weighted by molar-refractivity contribution is 6.32. The minimum atomic E-state index is -0.192. The van der Waals surface area contributed by atoms with Gasteiger partial charge in [-0.15, -0.1) is 0 Å². The van der Waals surface area contributed by atoms with Crippen LogP contribution in [0.25, 0.3) is 0 Å². The Morgan fingerprint density at radius 3 is 2.76 bits per heavy atom. The summed E-state index contributed by atoms with van der Waals surface area (Å²) in [5.74, 6) is 0. The Morgan fingerprint density at radius 2 is 2.00 bits per heavy atom. The van der Waals surface area contributed by atoms with Crippen LogP contribution in [0.3, 0.4) is 0 Å². The second-order valence-electron chi connectivity index (χ2n) is 4.78. The first kappa shape index (κ1) is 14.2. The van der Waals surface area contributed by atoms with Crippen LogP contribution in [-0.4, -0.2) is 32.0 Å². The Kier molecular flexibility index (Phi) is 3.98. The fourth-order valence-electron chi connectivity index (χ4n) is 2.30. The zero-order chi connectivity index (χ0) is 14.8. The highest BCUT2D eigenvalue weighted by Crippen LogP contribution is 2.20. The van der Waals surface area contributed by atoms with Crippen LogP contribution in [0.1, 0.15) is 12.1 Å². The van der Waals surface area contributed by atoms with Gasteiger partial charge in [0.25, 0.3) is 0 Å². The molecule has 2 amide bonds. The number of imidazole rings is 1. The number of pyridine rings is 1. The summed E-state index contributed by atoms with van der Waals surface area (Å²) in [5.41, 5.74) is 1.55. The second kappa shape index (κ2) is 5.91. The normalized spacial score (nSPS) is 14.5. The number of aryl methyl sites for hydroxylation is 1. The molecule has 3 rings (SSSR count). The molecule has 0 radical (unpaired) electrons. The molecule has 0 unspecified atom stereocenters. The first-order valence-electron chi connectivity index (χ1n) is 6.50. The fraction of sp³-hybridized carbons (Fsp3) is 0.308. The summed E-state index contributed by atoms with van der Waals surface area (Å²) in [4.78, 5) is 22.0. The maximum Gasteiger partial charge on any atom is 0.322 e. The predicted octanol–water partition coefficient (Wildman–Crippen LogP) is 3.02. The van der Waals surface area contributed by atoms with Crippen LogP contribution in [0, 0.1) is 0 Å². The maximum absolute atomic E-state index is 12.4. The number of amides is 2. The van der Waals surface area contributed by atoms with Gasteiger partial charge < -0.3 is 14.8 Å². The lowest BCUT2D eigenvalue weighted by atomic mass is 10.4. The smallest absolute Gasteiger partial charge is 0.322 e. The number of hydrogen-bond donors (Lipinski definition) is 1. The molecule has 8 heteroatoms. The van der Waals surface area contributed by atoms with Gasteiger partial charge in [-0.2, -0.15) is 0 Å². The molecule has 0 bridgehead atoms. The Bertz CT molecular complexity index is 652. The van der Waals surface area contributed by atoms with E-state index in [0.717, 1.165) is 18.7 Å². The summed E-state index contributed by atoms with van der Waals surface area (Å²) in [5, 5.41) is 3.28. The van der Waals surface area contributed by atoms with E-state index in [9.17, 15) is 4.79 Å². The number of rotatable bonds is 1. The van der Waals surface area contributed by atoms with E-state index in [1.54, 1.807) is 29.6 Å². The molecule has 6 nitrogen and oxygen atoms in total. The zero-order valence-electron chi connectivity index (χ0n) is 11.1. The van der Waals surface area contributed by atoms with Crippen molar-refractivity contribution in [3.05, 3.63) is 40.7 Å². The van der Waals surface area contributed by atoms with Gasteiger partial charge in [-0.05, 0) is 18.6 Å². The van der Waals surface area contributed by atoms with Crippen molar-refractivity contribution in [1.82, 2.24) is 19.4 Å². The van der Waals surface area contributed by atoms with E-state index < -0.39 is 0 Å². The standard InChI is InChI=1S/C13H13Cl2N5O/c14-11-4-9(5-12(15)18-11)17-13(21)19-2-1-3-20-8-16-6-10(20)7-19/h4-6,8H,1-3,7H2,(H,17,18,21). The minimum absolute atomic E-state index is 0.192. The quantitative estimate of drug-likeness (QED) is 0.820. The number of urea groups is 1. The average Bonchev–Trinajstić information content (AvgIpc) is 2.74. The van der Waals surface area contributed by atoms with E-state index in [2.05, 4.69) is 19.9 Å². The monoisotopic (exact) mass is 325 g/mol. The zero-order valence-corrected chi connectivity index (χ0v) is 12.6. The van der Waals surface area contributed by atoms with Gasteiger partial charge >= 0.3 is 6.03 Å². The number of anilines is 1. The van der Waals surface area contributed by atoms with Crippen LogP contribution in [0.4, 0.5) is 10.5 Å². The summed E-state index contributed by atoms with van der Waals surface area (Å²) in [7, 11) is 0. The Labute approximate surface area is 131 Å². The number of nitrogens with zero attached hydrogens (tertiary/aromatic N) is 4. The molecule has 0 aliphatic carbocycles. The molecule has 1 N–H and O–H groups in total. The molecule has 3 heterocycles. The summed E-state index contributed by atoms with van der Waals surface area (Å²) in [6.07, 6.45) is 4.46. The van der Waals surface area contributed by atoms with Gasteiger partial charge in [0.15, 0.2) is 0 Å². The Hall–Kier alpha value is -1.79. The van der Waals surface area contributed by atoms with Gasteiger partial charge in [-0.1, -0.05) is 23.2 Å².